The smallest absolute Gasteiger partial charge is 0.306 e. The third-order valence-corrected chi connectivity index (χ3v) is 14.1. The molecule has 0 aliphatic rings. The van der Waals surface area contributed by atoms with Crippen LogP contribution in [0.5, 0.6) is 0 Å². The number of rotatable bonds is 55. The fraction of sp³-hybridized carbons (Fsp3) is 0.952. The van der Waals surface area contributed by atoms with Crippen LogP contribution in [0.15, 0.2) is 0 Å². The van der Waals surface area contributed by atoms with Crippen molar-refractivity contribution in [2.45, 2.75) is 349 Å². The Kier molecular flexibility index (Phi) is 52.0. The van der Waals surface area contributed by atoms with Crippen LogP contribution in [-0.2, 0) is 28.6 Å². The van der Waals surface area contributed by atoms with Crippen LogP contribution in [0.25, 0.3) is 0 Å². The predicted molar refractivity (Wildman–Crippen MR) is 293 cm³/mol. The number of hydrogen-bond donors (Lipinski definition) is 0. The Bertz CT molecular complexity index is 1050. The van der Waals surface area contributed by atoms with Gasteiger partial charge in [0.05, 0.1) is 0 Å². The molecule has 0 saturated carbocycles. The Balaban J connectivity index is 4.30. The first-order valence-corrected chi connectivity index (χ1v) is 30.6. The first-order chi connectivity index (χ1) is 33.1. The Hall–Kier alpha value is -1.59. The molecule has 0 saturated heterocycles. The second-order valence-corrected chi connectivity index (χ2v) is 22.8. The summed E-state index contributed by atoms with van der Waals surface area (Å²) in [6.07, 6.45) is 56.7. The number of unbranched alkanes of at least 4 members (excludes halogenated alkanes) is 38. The molecule has 0 aliphatic heterocycles. The number of carbonyl (C=O) groups excluding carboxylic acids is 3. The molecule has 0 bridgehead atoms. The Morgan fingerprint density at radius 3 is 0.632 bits per heavy atom. The largest absolute Gasteiger partial charge is 0.462 e. The van der Waals surface area contributed by atoms with E-state index in [1.807, 2.05) is 0 Å². The van der Waals surface area contributed by atoms with Crippen LogP contribution in [0.4, 0.5) is 0 Å². The van der Waals surface area contributed by atoms with Crippen molar-refractivity contribution in [2.24, 2.45) is 17.8 Å². The van der Waals surface area contributed by atoms with Crippen LogP contribution in [0.3, 0.4) is 0 Å². The predicted octanol–water partition coefficient (Wildman–Crippen LogP) is 20.3. The minimum atomic E-state index is -0.764. The summed E-state index contributed by atoms with van der Waals surface area (Å²) in [7, 11) is 0. The highest BCUT2D eigenvalue weighted by Gasteiger charge is 2.19. The van der Waals surface area contributed by atoms with Crippen LogP contribution >= 0.6 is 0 Å². The molecule has 0 N–H and O–H groups in total. The van der Waals surface area contributed by atoms with E-state index in [-0.39, 0.29) is 31.1 Å². The van der Waals surface area contributed by atoms with Gasteiger partial charge in [-0.05, 0) is 37.0 Å². The molecule has 0 aromatic heterocycles. The summed E-state index contributed by atoms with van der Waals surface area (Å²) in [6, 6.07) is 0. The third kappa shape index (κ3) is 55.3. The van der Waals surface area contributed by atoms with Gasteiger partial charge in [0.15, 0.2) is 6.10 Å². The molecular formula is C62H120O6. The van der Waals surface area contributed by atoms with E-state index in [0.717, 1.165) is 75.5 Å². The van der Waals surface area contributed by atoms with Gasteiger partial charge in [-0.15, -0.1) is 0 Å². The third-order valence-electron chi connectivity index (χ3n) is 14.1. The lowest BCUT2D eigenvalue weighted by Gasteiger charge is -2.18. The van der Waals surface area contributed by atoms with Gasteiger partial charge in [-0.2, -0.15) is 0 Å². The highest BCUT2D eigenvalue weighted by molar-refractivity contribution is 5.71. The minimum Gasteiger partial charge on any atom is -0.462 e. The van der Waals surface area contributed by atoms with Crippen molar-refractivity contribution in [3.63, 3.8) is 0 Å². The van der Waals surface area contributed by atoms with Crippen LogP contribution in [-0.4, -0.2) is 37.2 Å². The topological polar surface area (TPSA) is 78.9 Å². The van der Waals surface area contributed by atoms with Crippen LogP contribution < -0.4 is 0 Å². The summed E-state index contributed by atoms with van der Waals surface area (Å²) in [4.78, 5) is 38.2. The summed E-state index contributed by atoms with van der Waals surface area (Å²) in [5.74, 6) is 1.69. The Morgan fingerprint density at radius 2 is 0.426 bits per heavy atom. The van der Waals surface area contributed by atoms with E-state index in [2.05, 4.69) is 41.5 Å². The normalized spacial score (nSPS) is 12.1. The minimum absolute atomic E-state index is 0.0629. The van der Waals surface area contributed by atoms with Crippen molar-refractivity contribution in [1.29, 1.82) is 0 Å². The zero-order valence-electron chi connectivity index (χ0n) is 46.9. The molecule has 0 heterocycles. The molecule has 0 fully saturated rings. The van der Waals surface area contributed by atoms with E-state index in [4.69, 9.17) is 14.2 Å². The summed E-state index contributed by atoms with van der Waals surface area (Å²) >= 11 is 0. The van der Waals surface area contributed by atoms with Crippen molar-refractivity contribution in [2.75, 3.05) is 13.2 Å². The molecule has 0 amide bonds. The molecule has 6 heteroatoms. The number of esters is 3. The van der Waals surface area contributed by atoms with E-state index >= 15 is 0 Å². The zero-order chi connectivity index (χ0) is 49.8. The first-order valence-electron chi connectivity index (χ1n) is 30.6. The quantitative estimate of drug-likeness (QED) is 0.0343. The molecule has 0 rings (SSSR count). The second-order valence-electron chi connectivity index (χ2n) is 22.8. The highest BCUT2D eigenvalue weighted by Crippen LogP contribution is 2.19. The SMILES string of the molecule is CC(C)CCCCCCCCCCCCCCCCC(=O)OC[C@H](COC(=O)CCCCCCCCCCCCCCCC(C)C)OC(=O)CCCCCCCCCCCCCCCCC(C)C. The number of hydrogen-bond acceptors (Lipinski definition) is 6. The molecule has 0 aromatic carbocycles. The van der Waals surface area contributed by atoms with Gasteiger partial charge in [0.2, 0.25) is 0 Å². The fourth-order valence-electron chi connectivity index (χ4n) is 9.53. The Morgan fingerprint density at radius 1 is 0.250 bits per heavy atom. The lowest BCUT2D eigenvalue weighted by molar-refractivity contribution is -0.167. The maximum absolute atomic E-state index is 12.9. The van der Waals surface area contributed by atoms with Crippen LogP contribution in [0.1, 0.15) is 343 Å². The zero-order valence-corrected chi connectivity index (χ0v) is 46.9. The number of carbonyl (C=O) groups is 3. The summed E-state index contributed by atoms with van der Waals surface area (Å²) in [6.45, 7) is 13.8. The number of ether oxygens (including phenoxy) is 3. The van der Waals surface area contributed by atoms with Crippen LogP contribution in [0.2, 0.25) is 0 Å². The standard InChI is InChI=1S/C62H120O6/c1-56(2)48-42-36-30-24-18-12-7-9-15-21-27-33-39-45-51-60(63)66-54-59(55-67-61(64)52-46-40-34-28-22-17-11-14-20-26-32-38-44-50-58(5)6)68-62(65)53-47-41-35-29-23-16-10-8-13-19-25-31-37-43-49-57(3)4/h56-59H,7-55H2,1-6H3/t59-/m1/s1. The van der Waals surface area contributed by atoms with Crippen molar-refractivity contribution in [3.8, 4) is 0 Å². The van der Waals surface area contributed by atoms with Crippen molar-refractivity contribution < 1.29 is 28.6 Å². The molecule has 0 radical (unpaired) electrons. The van der Waals surface area contributed by atoms with Crippen molar-refractivity contribution in [1.82, 2.24) is 0 Å². The summed E-state index contributed by atoms with van der Waals surface area (Å²) < 4.78 is 16.9. The lowest BCUT2D eigenvalue weighted by atomic mass is 10.0. The van der Waals surface area contributed by atoms with Gasteiger partial charge in [-0.3, -0.25) is 14.4 Å². The fourth-order valence-corrected chi connectivity index (χ4v) is 9.53. The van der Waals surface area contributed by atoms with E-state index in [9.17, 15) is 14.4 Å². The van der Waals surface area contributed by atoms with E-state index < -0.39 is 6.10 Å². The average molecular weight is 962 g/mol. The monoisotopic (exact) mass is 961 g/mol. The molecule has 6 nitrogen and oxygen atoms in total. The van der Waals surface area contributed by atoms with Gasteiger partial charge < -0.3 is 14.2 Å². The molecule has 68 heavy (non-hydrogen) atoms. The van der Waals surface area contributed by atoms with Gasteiger partial charge in [0.25, 0.3) is 0 Å². The van der Waals surface area contributed by atoms with Crippen molar-refractivity contribution >= 4 is 17.9 Å². The van der Waals surface area contributed by atoms with Gasteiger partial charge in [-0.25, -0.2) is 0 Å². The first kappa shape index (κ1) is 66.4. The van der Waals surface area contributed by atoms with E-state index in [1.165, 1.54) is 225 Å². The molecule has 404 valence electrons. The Labute approximate surface area is 425 Å². The lowest BCUT2D eigenvalue weighted by Crippen LogP contribution is -2.30. The summed E-state index contributed by atoms with van der Waals surface area (Å²) in [5.41, 5.74) is 0. The van der Waals surface area contributed by atoms with Gasteiger partial charge >= 0.3 is 17.9 Å². The average Bonchev–Trinajstić information content (AvgIpc) is 3.30. The molecular weight excluding hydrogens is 841 g/mol. The highest BCUT2D eigenvalue weighted by atomic mass is 16.6. The van der Waals surface area contributed by atoms with Gasteiger partial charge in [-0.1, -0.05) is 305 Å². The van der Waals surface area contributed by atoms with E-state index in [0.29, 0.717) is 19.3 Å². The molecule has 0 spiro atoms. The van der Waals surface area contributed by atoms with Crippen LogP contribution in [0, 0.1) is 17.8 Å². The molecule has 0 aromatic rings. The van der Waals surface area contributed by atoms with Gasteiger partial charge in [0.1, 0.15) is 13.2 Å². The molecule has 1 atom stereocenters. The molecule has 0 unspecified atom stereocenters. The molecule has 0 aliphatic carbocycles. The van der Waals surface area contributed by atoms with E-state index in [1.54, 1.807) is 0 Å². The summed E-state index contributed by atoms with van der Waals surface area (Å²) in [5, 5.41) is 0. The maximum Gasteiger partial charge on any atom is 0.306 e. The van der Waals surface area contributed by atoms with Gasteiger partial charge in [0, 0.05) is 19.3 Å². The second kappa shape index (κ2) is 53.2. The maximum atomic E-state index is 12.9. The van der Waals surface area contributed by atoms with Crippen molar-refractivity contribution in [3.05, 3.63) is 0 Å².